The van der Waals surface area contributed by atoms with Crippen molar-refractivity contribution < 1.29 is 18.4 Å². The standard InChI is InChI=1S/C21H20F2N4O2/c1-20(10-21(22,23)11-20)17-14(5-7-26-18(17)19(24)29)27-16(28)9-12-2-3-13-4-6-25-15(13)8-12/h2-8,25H,9-11H2,1H3,(H2,24,29)(H,26,27,28). The number of fused-ring (bicyclic) bond motifs is 1. The van der Waals surface area contributed by atoms with Gasteiger partial charge in [0.1, 0.15) is 5.69 Å². The number of H-pyrrole nitrogens is 1. The van der Waals surface area contributed by atoms with Gasteiger partial charge in [-0.25, -0.2) is 8.78 Å². The lowest BCUT2D eigenvalue weighted by molar-refractivity contribution is -0.120. The van der Waals surface area contributed by atoms with Gasteiger partial charge in [0.2, 0.25) is 11.8 Å². The molecule has 0 atom stereocenters. The lowest BCUT2D eigenvalue weighted by atomic mass is 9.62. The average Bonchev–Trinajstić information content (AvgIpc) is 3.07. The van der Waals surface area contributed by atoms with Crippen LogP contribution in [0.4, 0.5) is 14.5 Å². The number of aromatic nitrogens is 2. The van der Waals surface area contributed by atoms with Crippen molar-refractivity contribution in [1.82, 2.24) is 9.97 Å². The van der Waals surface area contributed by atoms with Gasteiger partial charge in [-0.1, -0.05) is 19.1 Å². The predicted octanol–water partition coefficient (Wildman–Crippen LogP) is 3.53. The number of halogens is 2. The molecule has 1 aromatic carbocycles. The van der Waals surface area contributed by atoms with Gasteiger partial charge in [-0.2, -0.15) is 0 Å². The molecule has 8 heteroatoms. The van der Waals surface area contributed by atoms with Crippen molar-refractivity contribution in [1.29, 1.82) is 0 Å². The Morgan fingerprint density at radius 1 is 1.24 bits per heavy atom. The lowest BCUT2D eigenvalue weighted by Crippen LogP contribution is -2.48. The van der Waals surface area contributed by atoms with Gasteiger partial charge >= 0.3 is 0 Å². The first-order chi connectivity index (χ1) is 13.7. The van der Waals surface area contributed by atoms with Crippen molar-refractivity contribution in [2.45, 2.75) is 37.5 Å². The number of hydrogen-bond donors (Lipinski definition) is 3. The van der Waals surface area contributed by atoms with Crippen LogP contribution in [0.1, 0.15) is 41.4 Å². The molecule has 4 rings (SSSR count). The molecule has 0 unspecified atom stereocenters. The van der Waals surface area contributed by atoms with Crippen LogP contribution in [0.2, 0.25) is 0 Å². The predicted molar refractivity (Wildman–Crippen MR) is 105 cm³/mol. The van der Waals surface area contributed by atoms with Gasteiger partial charge in [-0.3, -0.25) is 14.6 Å². The van der Waals surface area contributed by atoms with Crippen LogP contribution in [0, 0.1) is 0 Å². The maximum atomic E-state index is 13.6. The summed E-state index contributed by atoms with van der Waals surface area (Å²) in [7, 11) is 0. The molecule has 1 fully saturated rings. The number of amides is 2. The summed E-state index contributed by atoms with van der Waals surface area (Å²) in [4.78, 5) is 31.6. The second kappa shape index (κ2) is 6.65. The molecule has 0 radical (unpaired) electrons. The molecule has 1 aliphatic carbocycles. The Morgan fingerprint density at radius 2 is 2.00 bits per heavy atom. The van der Waals surface area contributed by atoms with E-state index in [1.807, 2.05) is 30.5 Å². The summed E-state index contributed by atoms with van der Waals surface area (Å²) in [5.74, 6) is -3.95. The van der Waals surface area contributed by atoms with Crippen molar-refractivity contribution in [3.63, 3.8) is 0 Å². The number of primary amides is 1. The van der Waals surface area contributed by atoms with Crippen LogP contribution in [-0.2, 0) is 16.6 Å². The molecule has 0 spiro atoms. The molecule has 6 nitrogen and oxygen atoms in total. The molecular weight excluding hydrogens is 378 g/mol. The monoisotopic (exact) mass is 398 g/mol. The van der Waals surface area contributed by atoms with E-state index in [9.17, 15) is 18.4 Å². The summed E-state index contributed by atoms with van der Waals surface area (Å²) in [6.45, 7) is 1.63. The molecule has 0 aliphatic heterocycles. The Balaban J connectivity index is 1.61. The quantitative estimate of drug-likeness (QED) is 0.613. The zero-order valence-electron chi connectivity index (χ0n) is 15.8. The van der Waals surface area contributed by atoms with Crippen LogP contribution >= 0.6 is 0 Å². The van der Waals surface area contributed by atoms with E-state index >= 15 is 0 Å². The highest BCUT2D eigenvalue weighted by Gasteiger charge is 2.56. The molecule has 2 aromatic heterocycles. The highest BCUT2D eigenvalue weighted by atomic mass is 19.3. The number of benzene rings is 1. The van der Waals surface area contributed by atoms with Gasteiger partial charge < -0.3 is 16.0 Å². The van der Waals surface area contributed by atoms with E-state index in [0.717, 1.165) is 16.5 Å². The van der Waals surface area contributed by atoms with Gasteiger partial charge in [0.15, 0.2) is 0 Å². The van der Waals surface area contributed by atoms with Crippen LogP contribution in [-0.4, -0.2) is 27.7 Å². The fourth-order valence-corrected chi connectivity index (χ4v) is 4.22. The molecule has 4 N–H and O–H groups in total. The minimum atomic E-state index is -2.81. The third kappa shape index (κ3) is 3.57. The molecular formula is C21H20F2N4O2. The van der Waals surface area contributed by atoms with Crippen molar-refractivity contribution in [2.75, 3.05) is 5.32 Å². The summed E-state index contributed by atoms with van der Waals surface area (Å²) in [6, 6.07) is 9.09. The van der Waals surface area contributed by atoms with Crippen LogP contribution in [0.15, 0.2) is 42.7 Å². The third-order valence-corrected chi connectivity index (χ3v) is 5.34. The van der Waals surface area contributed by atoms with Gasteiger partial charge in [-0.05, 0) is 29.1 Å². The number of pyridine rings is 1. The SMILES string of the molecule is CC1(c2c(NC(=O)Cc3ccc4cc[nH]c4c3)ccnc2C(N)=O)CC(F)(F)C1. The molecule has 150 valence electrons. The van der Waals surface area contributed by atoms with E-state index in [-0.39, 0.29) is 29.3 Å². The Morgan fingerprint density at radius 3 is 2.69 bits per heavy atom. The van der Waals surface area contributed by atoms with Crippen molar-refractivity contribution in [3.05, 3.63) is 59.5 Å². The zero-order valence-corrected chi connectivity index (χ0v) is 15.8. The molecule has 29 heavy (non-hydrogen) atoms. The Hall–Kier alpha value is -3.29. The Labute approximate surface area is 165 Å². The second-order valence-corrected chi connectivity index (χ2v) is 7.84. The van der Waals surface area contributed by atoms with Gasteiger partial charge in [0, 0.05) is 47.4 Å². The summed E-state index contributed by atoms with van der Waals surface area (Å²) in [5, 5.41) is 3.79. The summed E-state index contributed by atoms with van der Waals surface area (Å²) < 4.78 is 27.2. The smallest absolute Gasteiger partial charge is 0.267 e. The van der Waals surface area contributed by atoms with Crippen molar-refractivity contribution >= 4 is 28.4 Å². The van der Waals surface area contributed by atoms with Gasteiger partial charge in [-0.15, -0.1) is 0 Å². The Kier molecular flexibility index (Phi) is 4.37. The first kappa shape index (κ1) is 19.0. The molecule has 0 bridgehead atoms. The van der Waals surface area contributed by atoms with Crippen molar-refractivity contribution in [2.24, 2.45) is 5.73 Å². The number of anilines is 1. The third-order valence-electron chi connectivity index (χ3n) is 5.34. The van der Waals surface area contributed by atoms with E-state index in [4.69, 9.17) is 5.73 Å². The maximum absolute atomic E-state index is 13.6. The number of nitrogens with one attached hydrogen (secondary N) is 2. The summed E-state index contributed by atoms with van der Waals surface area (Å²) in [5.41, 5.74) is 6.61. The zero-order chi connectivity index (χ0) is 20.8. The average molecular weight is 398 g/mol. The number of carbonyl (C=O) groups excluding carboxylic acids is 2. The second-order valence-electron chi connectivity index (χ2n) is 7.84. The number of alkyl halides is 2. The van der Waals surface area contributed by atoms with E-state index in [2.05, 4.69) is 15.3 Å². The molecule has 1 saturated carbocycles. The fourth-order valence-electron chi connectivity index (χ4n) is 4.22. The number of rotatable bonds is 5. The number of nitrogens with two attached hydrogens (primary N) is 1. The van der Waals surface area contributed by atoms with E-state index in [1.54, 1.807) is 6.92 Å². The number of aromatic amines is 1. The normalized spacial score (nSPS) is 16.9. The topological polar surface area (TPSA) is 101 Å². The minimum absolute atomic E-state index is 0.0893. The van der Waals surface area contributed by atoms with Gasteiger partial charge in [0.25, 0.3) is 5.91 Å². The van der Waals surface area contributed by atoms with Crippen LogP contribution in [0.3, 0.4) is 0 Å². The lowest BCUT2D eigenvalue weighted by Gasteiger charge is -2.46. The highest BCUT2D eigenvalue weighted by Crippen LogP contribution is 2.55. The van der Waals surface area contributed by atoms with E-state index < -0.39 is 30.1 Å². The minimum Gasteiger partial charge on any atom is -0.364 e. The van der Waals surface area contributed by atoms with Crippen molar-refractivity contribution in [3.8, 4) is 0 Å². The Bertz CT molecular complexity index is 1110. The van der Waals surface area contributed by atoms with Crippen LogP contribution in [0.5, 0.6) is 0 Å². The molecule has 1 aliphatic rings. The molecule has 3 aromatic rings. The maximum Gasteiger partial charge on any atom is 0.267 e. The summed E-state index contributed by atoms with van der Waals surface area (Å²) in [6.07, 6.45) is 2.38. The van der Waals surface area contributed by atoms with E-state index in [0.29, 0.717) is 0 Å². The highest BCUT2D eigenvalue weighted by molar-refractivity contribution is 5.98. The van der Waals surface area contributed by atoms with E-state index in [1.165, 1.54) is 12.3 Å². The molecule has 0 saturated heterocycles. The number of nitrogens with zero attached hydrogens (tertiary/aromatic N) is 1. The number of carbonyl (C=O) groups is 2. The van der Waals surface area contributed by atoms with Crippen LogP contribution < -0.4 is 11.1 Å². The largest absolute Gasteiger partial charge is 0.364 e. The first-order valence-corrected chi connectivity index (χ1v) is 9.20. The fraction of sp³-hybridized carbons (Fsp3) is 0.286. The van der Waals surface area contributed by atoms with Crippen LogP contribution in [0.25, 0.3) is 10.9 Å². The molecule has 2 heterocycles. The van der Waals surface area contributed by atoms with Gasteiger partial charge in [0.05, 0.1) is 6.42 Å². The number of hydrogen-bond acceptors (Lipinski definition) is 3. The molecule has 2 amide bonds. The first-order valence-electron chi connectivity index (χ1n) is 9.20. The summed E-state index contributed by atoms with van der Waals surface area (Å²) >= 11 is 0.